The molecule has 1 aromatic carbocycles. The normalized spacial score (nSPS) is 19.8. The molecule has 1 saturated heterocycles. The van der Waals surface area contributed by atoms with Crippen molar-refractivity contribution in [1.29, 1.82) is 0 Å². The first-order valence-electron chi connectivity index (χ1n) is 6.45. The number of carbonyl (C=O) groups is 1. The Hall–Kier alpha value is -1.64. The third-order valence-corrected chi connectivity index (χ3v) is 5.66. The molecule has 0 aliphatic carbocycles. The minimum Gasteiger partial charge on any atom is -0.507 e. The van der Waals surface area contributed by atoms with Crippen molar-refractivity contribution in [3.05, 3.63) is 23.3 Å². The van der Waals surface area contributed by atoms with Crippen molar-refractivity contribution in [1.82, 2.24) is 4.31 Å². The van der Waals surface area contributed by atoms with Gasteiger partial charge in [-0.3, -0.25) is 0 Å². The molecule has 1 fully saturated rings. The van der Waals surface area contributed by atoms with E-state index in [0.29, 0.717) is 6.42 Å². The molecular weight excluding hydrogens is 298 g/mol. The van der Waals surface area contributed by atoms with Gasteiger partial charge in [0.05, 0.1) is 4.90 Å². The molecule has 1 atom stereocenters. The summed E-state index contributed by atoms with van der Waals surface area (Å²) in [6.45, 7) is 1.91. The molecule has 8 heteroatoms. The highest BCUT2D eigenvalue weighted by atomic mass is 32.2. The Kier molecular flexibility index (Phi) is 4.22. The van der Waals surface area contributed by atoms with Crippen molar-refractivity contribution in [2.75, 3.05) is 19.7 Å². The molecule has 0 amide bonds. The van der Waals surface area contributed by atoms with Crippen molar-refractivity contribution in [2.45, 2.75) is 18.2 Å². The van der Waals surface area contributed by atoms with E-state index in [4.69, 9.17) is 10.2 Å². The van der Waals surface area contributed by atoms with Crippen LogP contribution in [0.5, 0.6) is 5.75 Å². The van der Waals surface area contributed by atoms with E-state index in [0.717, 1.165) is 12.1 Å². The van der Waals surface area contributed by atoms with Crippen LogP contribution >= 0.6 is 0 Å². The molecule has 116 valence electrons. The molecule has 0 bridgehead atoms. The van der Waals surface area contributed by atoms with Gasteiger partial charge in [-0.2, -0.15) is 4.31 Å². The fourth-order valence-corrected chi connectivity index (χ4v) is 4.19. The van der Waals surface area contributed by atoms with Crippen LogP contribution in [0.3, 0.4) is 0 Å². The van der Waals surface area contributed by atoms with Gasteiger partial charge in [0.2, 0.25) is 10.0 Å². The third-order valence-electron chi connectivity index (χ3n) is 3.65. The number of benzene rings is 1. The molecule has 1 aliphatic heterocycles. The lowest BCUT2D eigenvalue weighted by molar-refractivity contribution is 0.0693. The van der Waals surface area contributed by atoms with E-state index < -0.39 is 27.3 Å². The maximum atomic E-state index is 12.6. The van der Waals surface area contributed by atoms with E-state index in [1.807, 2.05) is 0 Å². The second kappa shape index (κ2) is 5.63. The Labute approximate surface area is 122 Å². The van der Waals surface area contributed by atoms with Gasteiger partial charge in [0.25, 0.3) is 0 Å². The number of aromatic hydroxyl groups is 1. The van der Waals surface area contributed by atoms with Crippen LogP contribution in [-0.4, -0.2) is 53.7 Å². The topological polar surface area (TPSA) is 115 Å². The van der Waals surface area contributed by atoms with E-state index in [-0.39, 0.29) is 36.1 Å². The van der Waals surface area contributed by atoms with Gasteiger partial charge < -0.3 is 15.3 Å². The molecule has 0 saturated carbocycles. The monoisotopic (exact) mass is 315 g/mol. The summed E-state index contributed by atoms with van der Waals surface area (Å²) in [7, 11) is -3.84. The fourth-order valence-electron chi connectivity index (χ4n) is 2.43. The molecule has 1 aliphatic rings. The Morgan fingerprint density at radius 1 is 1.43 bits per heavy atom. The van der Waals surface area contributed by atoms with Gasteiger partial charge in [0.1, 0.15) is 11.3 Å². The van der Waals surface area contributed by atoms with Crippen LogP contribution in [0.2, 0.25) is 0 Å². The fraction of sp³-hybridized carbons (Fsp3) is 0.462. The summed E-state index contributed by atoms with van der Waals surface area (Å²) >= 11 is 0. The summed E-state index contributed by atoms with van der Waals surface area (Å²) in [5.74, 6) is -1.96. The summed E-state index contributed by atoms with van der Waals surface area (Å²) in [6.07, 6.45) is 0.568. The zero-order chi connectivity index (χ0) is 15.8. The molecule has 1 unspecified atom stereocenters. The number of hydrogen-bond donors (Lipinski definition) is 3. The molecule has 1 aromatic rings. The lowest BCUT2D eigenvalue weighted by Crippen LogP contribution is -2.30. The Morgan fingerprint density at radius 3 is 2.62 bits per heavy atom. The van der Waals surface area contributed by atoms with Gasteiger partial charge in [0, 0.05) is 19.7 Å². The highest BCUT2D eigenvalue weighted by Crippen LogP contribution is 2.30. The Morgan fingerprint density at radius 2 is 2.10 bits per heavy atom. The number of rotatable bonds is 4. The van der Waals surface area contributed by atoms with Gasteiger partial charge in [-0.05, 0) is 37.0 Å². The summed E-state index contributed by atoms with van der Waals surface area (Å²) < 4.78 is 26.4. The van der Waals surface area contributed by atoms with E-state index in [1.54, 1.807) is 0 Å². The molecule has 2 rings (SSSR count). The smallest absolute Gasteiger partial charge is 0.339 e. The zero-order valence-corrected chi connectivity index (χ0v) is 12.3. The maximum Gasteiger partial charge on any atom is 0.339 e. The predicted molar refractivity (Wildman–Crippen MR) is 73.8 cm³/mol. The minimum absolute atomic E-state index is 0.0824. The Bertz CT molecular complexity index is 669. The van der Waals surface area contributed by atoms with Crippen molar-refractivity contribution in [2.24, 2.45) is 5.92 Å². The van der Waals surface area contributed by atoms with E-state index >= 15 is 0 Å². The quantitative estimate of drug-likeness (QED) is 0.741. The van der Waals surface area contributed by atoms with Crippen LogP contribution in [0.15, 0.2) is 17.0 Å². The number of carboxylic acid groups (broad SMARTS) is 1. The number of aromatic carboxylic acids is 1. The molecule has 21 heavy (non-hydrogen) atoms. The standard InChI is InChI=1S/C13H17NO6S/c1-8-4-11(16)10(13(17)18)5-12(8)21(19,20)14-3-2-9(6-14)7-15/h4-5,9,15-16H,2-3,6-7H2,1H3,(H,17,18). The first-order valence-corrected chi connectivity index (χ1v) is 7.89. The second-order valence-electron chi connectivity index (χ2n) is 5.14. The molecule has 1 heterocycles. The molecule has 3 N–H and O–H groups in total. The van der Waals surface area contributed by atoms with Crippen LogP contribution in [-0.2, 0) is 10.0 Å². The first kappa shape index (κ1) is 15.7. The van der Waals surface area contributed by atoms with Gasteiger partial charge in [-0.1, -0.05) is 0 Å². The highest BCUT2D eigenvalue weighted by molar-refractivity contribution is 7.89. The number of hydrogen-bond acceptors (Lipinski definition) is 5. The van der Waals surface area contributed by atoms with Gasteiger partial charge in [-0.25, -0.2) is 13.2 Å². The summed E-state index contributed by atoms with van der Waals surface area (Å²) in [6, 6.07) is 2.12. The molecular formula is C13H17NO6S. The first-order chi connectivity index (χ1) is 9.77. The van der Waals surface area contributed by atoms with Crippen LogP contribution in [0.25, 0.3) is 0 Å². The lowest BCUT2D eigenvalue weighted by atomic mass is 10.1. The SMILES string of the molecule is Cc1cc(O)c(C(=O)O)cc1S(=O)(=O)N1CCC(CO)C1. The predicted octanol–water partition coefficient (Wildman–Crippen LogP) is 0.402. The van der Waals surface area contributed by atoms with Crippen molar-refractivity contribution in [3.63, 3.8) is 0 Å². The van der Waals surface area contributed by atoms with E-state index in [9.17, 15) is 18.3 Å². The average molecular weight is 315 g/mol. The molecule has 7 nitrogen and oxygen atoms in total. The minimum atomic E-state index is -3.84. The largest absolute Gasteiger partial charge is 0.507 e. The lowest BCUT2D eigenvalue weighted by Gasteiger charge is -2.18. The van der Waals surface area contributed by atoms with Crippen molar-refractivity contribution >= 4 is 16.0 Å². The summed E-state index contributed by atoms with van der Waals surface area (Å²) in [4.78, 5) is 10.9. The summed E-state index contributed by atoms with van der Waals surface area (Å²) in [5, 5.41) is 27.7. The number of aliphatic hydroxyl groups is 1. The van der Waals surface area contributed by atoms with Crippen molar-refractivity contribution in [3.8, 4) is 5.75 Å². The molecule has 0 aromatic heterocycles. The van der Waals surface area contributed by atoms with E-state index in [1.165, 1.54) is 11.2 Å². The Balaban J connectivity index is 2.45. The molecule has 0 radical (unpaired) electrons. The molecule has 0 spiro atoms. The van der Waals surface area contributed by atoms with Crippen LogP contribution in [0.1, 0.15) is 22.3 Å². The highest BCUT2D eigenvalue weighted by Gasteiger charge is 2.33. The number of nitrogens with zero attached hydrogens (tertiary/aromatic N) is 1. The number of sulfonamides is 1. The summed E-state index contributed by atoms with van der Waals surface area (Å²) in [5.41, 5.74) is -0.165. The van der Waals surface area contributed by atoms with Gasteiger partial charge in [-0.15, -0.1) is 0 Å². The number of aryl methyl sites for hydroxylation is 1. The van der Waals surface area contributed by atoms with E-state index in [2.05, 4.69) is 0 Å². The second-order valence-corrected chi connectivity index (χ2v) is 7.05. The van der Waals surface area contributed by atoms with Gasteiger partial charge >= 0.3 is 5.97 Å². The maximum absolute atomic E-state index is 12.6. The van der Waals surface area contributed by atoms with Crippen molar-refractivity contribution < 1.29 is 28.5 Å². The van der Waals surface area contributed by atoms with Crippen LogP contribution in [0.4, 0.5) is 0 Å². The van der Waals surface area contributed by atoms with Crippen LogP contribution < -0.4 is 0 Å². The average Bonchev–Trinajstić information content (AvgIpc) is 2.87. The third kappa shape index (κ3) is 2.87. The number of aliphatic hydroxyl groups excluding tert-OH is 1. The zero-order valence-electron chi connectivity index (χ0n) is 11.5. The van der Waals surface area contributed by atoms with Crippen LogP contribution in [0, 0.1) is 12.8 Å². The number of carboxylic acids is 1. The number of phenols is 1. The van der Waals surface area contributed by atoms with Gasteiger partial charge in [0.15, 0.2) is 0 Å².